The van der Waals surface area contributed by atoms with Gasteiger partial charge in [-0.15, -0.1) is 0 Å². The normalized spacial score (nSPS) is 18.2. The van der Waals surface area contributed by atoms with E-state index in [1.54, 1.807) is 12.1 Å². The maximum atomic E-state index is 12.2. The molecular formula is C21H32F2N4O2. The van der Waals surface area contributed by atoms with Crippen molar-refractivity contribution in [2.75, 3.05) is 32.7 Å². The van der Waals surface area contributed by atoms with E-state index in [9.17, 15) is 13.9 Å². The number of guanidine groups is 1. The molecule has 3 N–H and O–H groups in total. The quantitative estimate of drug-likeness (QED) is 0.365. The van der Waals surface area contributed by atoms with Crippen LogP contribution in [0, 0.1) is 5.92 Å². The van der Waals surface area contributed by atoms with Crippen molar-refractivity contribution >= 4 is 5.96 Å². The Bertz CT molecular complexity index is 649. The van der Waals surface area contributed by atoms with E-state index in [2.05, 4.69) is 25.3 Å². The molecule has 0 heterocycles. The van der Waals surface area contributed by atoms with Gasteiger partial charge in [-0.05, 0) is 56.2 Å². The molecule has 8 heteroatoms. The van der Waals surface area contributed by atoms with Crippen molar-refractivity contribution in [1.29, 1.82) is 0 Å². The van der Waals surface area contributed by atoms with Crippen molar-refractivity contribution in [3.8, 4) is 5.75 Å². The molecule has 0 radical (unpaired) electrons. The summed E-state index contributed by atoms with van der Waals surface area (Å²) < 4.78 is 28.8. The third-order valence-corrected chi connectivity index (χ3v) is 5.20. The zero-order valence-electron chi connectivity index (χ0n) is 17.0. The van der Waals surface area contributed by atoms with Crippen LogP contribution in [0.15, 0.2) is 29.3 Å². The fraction of sp³-hybridized carbons (Fsp3) is 0.667. The third kappa shape index (κ3) is 7.78. The van der Waals surface area contributed by atoms with Gasteiger partial charge in [-0.25, -0.2) is 0 Å². The lowest BCUT2D eigenvalue weighted by molar-refractivity contribution is -0.0498. The van der Waals surface area contributed by atoms with Crippen LogP contribution in [0.1, 0.15) is 44.3 Å². The summed E-state index contributed by atoms with van der Waals surface area (Å²) in [6.07, 6.45) is 4.55. The lowest BCUT2D eigenvalue weighted by Gasteiger charge is -2.22. The molecule has 0 aromatic heterocycles. The van der Waals surface area contributed by atoms with Crippen molar-refractivity contribution in [2.45, 2.75) is 51.4 Å². The number of hydrogen-bond acceptors (Lipinski definition) is 4. The molecule has 2 aliphatic carbocycles. The van der Waals surface area contributed by atoms with Gasteiger partial charge in [0.15, 0.2) is 5.96 Å². The van der Waals surface area contributed by atoms with E-state index in [0.717, 1.165) is 31.6 Å². The molecule has 3 rings (SSSR count). The zero-order chi connectivity index (χ0) is 20.6. The second-order valence-corrected chi connectivity index (χ2v) is 7.78. The average molecular weight is 411 g/mol. The first-order chi connectivity index (χ1) is 14.0. The summed E-state index contributed by atoms with van der Waals surface area (Å²) in [6.45, 7) is 3.08. The minimum Gasteiger partial charge on any atom is -0.435 e. The average Bonchev–Trinajstić information content (AvgIpc) is 3.59. The SMILES string of the molecule is CCNC(=NCC(O)c1ccc(OC(F)F)cc1)NCCN(CC1CC1)C1CC1. The monoisotopic (exact) mass is 410 g/mol. The van der Waals surface area contributed by atoms with Crippen molar-refractivity contribution in [1.82, 2.24) is 15.5 Å². The van der Waals surface area contributed by atoms with Crippen molar-refractivity contribution < 1.29 is 18.6 Å². The molecule has 0 saturated heterocycles. The van der Waals surface area contributed by atoms with Gasteiger partial charge in [-0.3, -0.25) is 9.89 Å². The molecule has 1 unspecified atom stereocenters. The number of nitrogens with zero attached hydrogens (tertiary/aromatic N) is 2. The summed E-state index contributed by atoms with van der Waals surface area (Å²) in [4.78, 5) is 7.06. The van der Waals surface area contributed by atoms with Crippen LogP contribution >= 0.6 is 0 Å². The highest BCUT2D eigenvalue weighted by molar-refractivity contribution is 5.79. The summed E-state index contributed by atoms with van der Waals surface area (Å²) in [5.74, 6) is 1.64. The number of aliphatic imine (C=N–C) groups is 1. The molecule has 2 saturated carbocycles. The van der Waals surface area contributed by atoms with Gasteiger partial charge < -0.3 is 20.5 Å². The molecule has 1 aromatic carbocycles. The Morgan fingerprint density at radius 3 is 2.52 bits per heavy atom. The molecular weight excluding hydrogens is 378 g/mol. The Morgan fingerprint density at radius 1 is 1.21 bits per heavy atom. The Hall–Kier alpha value is -1.93. The molecule has 162 valence electrons. The van der Waals surface area contributed by atoms with Gasteiger partial charge in [-0.2, -0.15) is 8.78 Å². The number of benzene rings is 1. The Labute approximate surface area is 171 Å². The highest BCUT2D eigenvalue weighted by Crippen LogP contribution is 2.34. The van der Waals surface area contributed by atoms with Gasteiger partial charge >= 0.3 is 6.61 Å². The lowest BCUT2D eigenvalue weighted by atomic mass is 10.1. The minimum atomic E-state index is -2.86. The van der Waals surface area contributed by atoms with Gasteiger partial charge in [0.05, 0.1) is 12.6 Å². The number of aliphatic hydroxyl groups excluding tert-OH is 1. The number of nitrogens with one attached hydrogen (secondary N) is 2. The van der Waals surface area contributed by atoms with E-state index in [1.165, 1.54) is 44.4 Å². The molecule has 29 heavy (non-hydrogen) atoms. The first kappa shape index (κ1) is 21.8. The van der Waals surface area contributed by atoms with Crippen LogP contribution in [0.3, 0.4) is 0 Å². The maximum Gasteiger partial charge on any atom is 0.387 e. The van der Waals surface area contributed by atoms with Crippen LogP contribution in [0.5, 0.6) is 5.75 Å². The second kappa shape index (κ2) is 10.7. The molecule has 6 nitrogen and oxygen atoms in total. The van der Waals surface area contributed by atoms with Crippen LogP contribution in [0.25, 0.3) is 0 Å². The van der Waals surface area contributed by atoms with Crippen LogP contribution in [-0.2, 0) is 0 Å². The molecule has 2 fully saturated rings. The molecule has 1 aromatic rings. The third-order valence-electron chi connectivity index (χ3n) is 5.20. The number of ether oxygens (including phenoxy) is 1. The highest BCUT2D eigenvalue weighted by atomic mass is 19.3. The predicted octanol–water partition coefficient (Wildman–Crippen LogP) is 2.75. The Kier molecular flexibility index (Phi) is 8.06. The van der Waals surface area contributed by atoms with Gasteiger partial charge in [0.1, 0.15) is 5.75 Å². The van der Waals surface area contributed by atoms with Gasteiger partial charge in [-0.1, -0.05) is 12.1 Å². The molecule has 1 atom stereocenters. The molecule has 2 aliphatic rings. The standard InChI is InChI=1S/C21H32F2N4O2/c1-2-24-21(25-11-12-27(17-7-8-17)14-15-3-4-15)26-13-19(28)16-5-9-18(10-6-16)29-20(22)23/h5-6,9-10,15,17,19-20,28H,2-4,7-8,11-14H2,1H3,(H2,24,25,26). The van der Waals surface area contributed by atoms with Crippen LogP contribution < -0.4 is 15.4 Å². The Balaban J connectivity index is 1.45. The van der Waals surface area contributed by atoms with E-state index < -0.39 is 12.7 Å². The van der Waals surface area contributed by atoms with E-state index >= 15 is 0 Å². The summed E-state index contributed by atoms with van der Waals surface area (Å²) in [7, 11) is 0. The zero-order valence-corrected chi connectivity index (χ0v) is 17.0. The molecule has 0 aliphatic heterocycles. The number of aliphatic hydroxyl groups is 1. The molecule has 0 bridgehead atoms. The summed E-state index contributed by atoms with van der Waals surface area (Å²) in [5, 5.41) is 16.9. The van der Waals surface area contributed by atoms with Crippen molar-refractivity contribution in [3.05, 3.63) is 29.8 Å². The fourth-order valence-corrected chi connectivity index (χ4v) is 3.31. The van der Waals surface area contributed by atoms with Crippen molar-refractivity contribution in [2.24, 2.45) is 10.9 Å². The number of alkyl halides is 2. The highest BCUT2D eigenvalue weighted by Gasteiger charge is 2.33. The van der Waals surface area contributed by atoms with E-state index in [4.69, 9.17) is 0 Å². The van der Waals surface area contributed by atoms with Crippen LogP contribution in [0.2, 0.25) is 0 Å². The summed E-state index contributed by atoms with van der Waals surface area (Å²) in [6, 6.07) is 6.75. The van der Waals surface area contributed by atoms with Gasteiger partial charge in [0, 0.05) is 32.2 Å². The largest absolute Gasteiger partial charge is 0.435 e. The maximum absolute atomic E-state index is 12.2. The van der Waals surface area contributed by atoms with Gasteiger partial charge in [0.2, 0.25) is 0 Å². The summed E-state index contributed by atoms with van der Waals surface area (Å²) >= 11 is 0. The number of halogens is 2. The van der Waals surface area contributed by atoms with Crippen molar-refractivity contribution in [3.63, 3.8) is 0 Å². The topological polar surface area (TPSA) is 69.1 Å². The van der Waals surface area contributed by atoms with E-state index in [-0.39, 0.29) is 12.3 Å². The molecule has 0 amide bonds. The molecule has 0 spiro atoms. The van der Waals surface area contributed by atoms with Gasteiger partial charge in [0.25, 0.3) is 0 Å². The van der Waals surface area contributed by atoms with Crippen LogP contribution in [-0.4, -0.2) is 61.3 Å². The fourth-order valence-electron chi connectivity index (χ4n) is 3.31. The van der Waals surface area contributed by atoms with E-state index in [0.29, 0.717) is 11.5 Å². The smallest absolute Gasteiger partial charge is 0.387 e. The first-order valence-electron chi connectivity index (χ1n) is 10.5. The van der Waals surface area contributed by atoms with E-state index in [1.807, 2.05) is 6.92 Å². The first-order valence-corrected chi connectivity index (χ1v) is 10.5. The summed E-state index contributed by atoms with van der Waals surface area (Å²) in [5.41, 5.74) is 0.607. The predicted molar refractivity (Wildman–Crippen MR) is 109 cm³/mol. The second-order valence-electron chi connectivity index (χ2n) is 7.78. The minimum absolute atomic E-state index is 0.0703. The Morgan fingerprint density at radius 2 is 1.93 bits per heavy atom. The number of rotatable bonds is 12. The number of hydrogen-bond donors (Lipinski definition) is 3. The lowest BCUT2D eigenvalue weighted by Crippen LogP contribution is -2.42. The van der Waals surface area contributed by atoms with Crippen LogP contribution in [0.4, 0.5) is 8.78 Å².